The number of likely N-dealkylation sites (tertiary alicyclic amines) is 1. The summed E-state index contributed by atoms with van der Waals surface area (Å²) in [5.41, 5.74) is 1.57. The molecule has 1 amide bonds. The molecule has 4 atom stereocenters. The van der Waals surface area contributed by atoms with Gasteiger partial charge in [-0.2, -0.15) is 0 Å². The van der Waals surface area contributed by atoms with Crippen molar-refractivity contribution < 1.29 is 15.0 Å². The van der Waals surface area contributed by atoms with E-state index in [-0.39, 0.29) is 35.5 Å². The minimum absolute atomic E-state index is 0.0157. The average molecular weight is 477 g/mol. The second-order valence-electron chi connectivity index (χ2n) is 9.42. The van der Waals surface area contributed by atoms with Gasteiger partial charge in [0.15, 0.2) is 0 Å². The van der Waals surface area contributed by atoms with Gasteiger partial charge in [0.2, 0.25) is 5.91 Å². The number of hydrogen-bond donors (Lipinski definition) is 2. The molecule has 1 aliphatic carbocycles. The number of nitrogens with zero attached hydrogens (tertiary/aromatic N) is 2. The molecule has 1 unspecified atom stereocenters. The molecule has 2 fully saturated rings. The topological polar surface area (TPSA) is 64.0 Å². The summed E-state index contributed by atoms with van der Waals surface area (Å²) in [6.07, 6.45) is 1.88. The van der Waals surface area contributed by atoms with E-state index in [4.69, 9.17) is 23.2 Å². The highest BCUT2D eigenvalue weighted by Gasteiger charge is 2.52. The van der Waals surface area contributed by atoms with Gasteiger partial charge in [0, 0.05) is 31.0 Å². The van der Waals surface area contributed by atoms with Crippen LogP contribution in [0.15, 0.2) is 42.5 Å². The van der Waals surface area contributed by atoms with Crippen molar-refractivity contribution in [3.63, 3.8) is 0 Å². The van der Waals surface area contributed by atoms with E-state index in [1.807, 2.05) is 31.3 Å². The number of rotatable bonds is 4. The Bertz CT molecular complexity index is 1000. The van der Waals surface area contributed by atoms with Crippen molar-refractivity contribution in [3.05, 3.63) is 63.6 Å². The Kier molecular flexibility index (Phi) is 6.73. The number of amides is 1. The molecule has 7 heteroatoms. The van der Waals surface area contributed by atoms with Crippen LogP contribution in [0.5, 0.6) is 5.75 Å². The number of halogens is 2. The fourth-order valence-electron chi connectivity index (χ4n) is 5.61. The van der Waals surface area contributed by atoms with E-state index < -0.39 is 6.10 Å². The number of likely N-dealkylation sites (N-methyl/N-ethyl adjacent to an activating group) is 1. The van der Waals surface area contributed by atoms with E-state index in [9.17, 15) is 15.0 Å². The maximum absolute atomic E-state index is 13.1. The lowest BCUT2D eigenvalue weighted by molar-refractivity contribution is -0.135. The van der Waals surface area contributed by atoms with Gasteiger partial charge in [-0.05, 0) is 68.2 Å². The molecular weight excluding hydrogens is 447 g/mol. The van der Waals surface area contributed by atoms with Gasteiger partial charge >= 0.3 is 0 Å². The second kappa shape index (κ2) is 9.22. The van der Waals surface area contributed by atoms with Crippen molar-refractivity contribution in [2.24, 2.45) is 5.92 Å². The van der Waals surface area contributed by atoms with Crippen LogP contribution in [0, 0.1) is 5.92 Å². The molecule has 1 heterocycles. The predicted octanol–water partition coefficient (Wildman–Crippen LogP) is 4.11. The van der Waals surface area contributed by atoms with Crippen LogP contribution in [-0.4, -0.2) is 65.3 Å². The summed E-state index contributed by atoms with van der Waals surface area (Å²) in [6.45, 7) is 1.71. The molecule has 4 rings (SSSR count). The third kappa shape index (κ3) is 4.49. The third-order valence-corrected chi connectivity index (χ3v) is 8.18. The SMILES string of the molecule is CN1CC[C@@]2(c3cccc(O)c3)C[C@@H](N(C)C(=O)Cc3ccc(Cl)c(Cl)c3)CC(O)[C@@H]2C1. The zero-order valence-corrected chi connectivity index (χ0v) is 20.0. The number of carbonyl (C=O) groups is 1. The number of piperidine rings is 1. The fourth-order valence-corrected chi connectivity index (χ4v) is 5.93. The number of aromatic hydroxyl groups is 1. The smallest absolute Gasteiger partial charge is 0.226 e. The summed E-state index contributed by atoms with van der Waals surface area (Å²) in [5, 5.41) is 22.3. The van der Waals surface area contributed by atoms with Crippen LogP contribution >= 0.6 is 23.2 Å². The normalized spacial score (nSPS) is 28.2. The highest BCUT2D eigenvalue weighted by Crippen LogP contribution is 2.50. The molecule has 2 aliphatic rings. The number of aliphatic hydroxyl groups is 1. The van der Waals surface area contributed by atoms with Crippen LogP contribution in [0.3, 0.4) is 0 Å². The van der Waals surface area contributed by atoms with Gasteiger partial charge in [0.05, 0.1) is 22.6 Å². The number of hydrogen-bond acceptors (Lipinski definition) is 4. The van der Waals surface area contributed by atoms with Crippen molar-refractivity contribution in [2.75, 3.05) is 27.2 Å². The van der Waals surface area contributed by atoms with Crippen LogP contribution < -0.4 is 0 Å². The van der Waals surface area contributed by atoms with Crippen molar-refractivity contribution in [3.8, 4) is 5.75 Å². The van der Waals surface area contributed by atoms with Gasteiger partial charge in [0.1, 0.15) is 5.75 Å². The zero-order valence-electron chi connectivity index (χ0n) is 18.5. The molecule has 2 N–H and O–H groups in total. The lowest BCUT2D eigenvalue weighted by Crippen LogP contribution is -2.60. The first-order chi connectivity index (χ1) is 15.2. The van der Waals surface area contributed by atoms with Crippen LogP contribution in [0.25, 0.3) is 0 Å². The van der Waals surface area contributed by atoms with Crippen molar-refractivity contribution >= 4 is 29.1 Å². The van der Waals surface area contributed by atoms with E-state index in [1.165, 1.54) is 0 Å². The summed E-state index contributed by atoms with van der Waals surface area (Å²) < 4.78 is 0. The molecule has 2 aromatic carbocycles. The van der Waals surface area contributed by atoms with Gasteiger partial charge in [-0.25, -0.2) is 0 Å². The van der Waals surface area contributed by atoms with Gasteiger partial charge in [0.25, 0.3) is 0 Å². The van der Waals surface area contributed by atoms with E-state index >= 15 is 0 Å². The van der Waals surface area contributed by atoms with Gasteiger partial charge in [-0.15, -0.1) is 0 Å². The molecular formula is C25H30Cl2N2O3. The zero-order chi connectivity index (χ0) is 23.0. The van der Waals surface area contributed by atoms with Gasteiger partial charge < -0.3 is 20.0 Å². The highest BCUT2D eigenvalue weighted by atomic mass is 35.5. The molecule has 0 aromatic heterocycles. The molecule has 2 aromatic rings. The van der Waals surface area contributed by atoms with Crippen molar-refractivity contribution in [1.29, 1.82) is 0 Å². The summed E-state index contributed by atoms with van der Waals surface area (Å²) in [6, 6.07) is 12.6. The second-order valence-corrected chi connectivity index (χ2v) is 10.2. The number of phenolic OH excluding ortho intramolecular Hbond substituents is 1. The van der Waals surface area contributed by atoms with Gasteiger partial charge in [-0.3, -0.25) is 4.79 Å². The Morgan fingerprint density at radius 1 is 1.22 bits per heavy atom. The lowest BCUT2D eigenvalue weighted by Gasteiger charge is -2.55. The molecule has 0 radical (unpaired) electrons. The minimum Gasteiger partial charge on any atom is -0.508 e. The molecule has 1 saturated carbocycles. The maximum atomic E-state index is 13.1. The Morgan fingerprint density at radius 3 is 2.72 bits per heavy atom. The van der Waals surface area contributed by atoms with Crippen LogP contribution in [0.1, 0.15) is 30.4 Å². The molecule has 0 bridgehead atoms. The van der Waals surface area contributed by atoms with Crippen LogP contribution in [-0.2, 0) is 16.6 Å². The van der Waals surface area contributed by atoms with Crippen molar-refractivity contribution in [1.82, 2.24) is 9.80 Å². The van der Waals surface area contributed by atoms with Crippen LogP contribution in [0.2, 0.25) is 10.0 Å². The molecule has 5 nitrogen and oxygen atoms in total. The van der Waals surface area contributed by atoms with E-state index in [2.05, 4.69) is 11.9 Å². The third-order valence-electron chi connectivity index (χ3n) is 7.44. The molecule has 1 aliphatic heterocycles. The number of aliphatic hydroxyl groups excluding tert-OH is 1. The molecule has 32 heavy (non-hydrogen) atoms. The predicted molar refractivity (Wildman–Crippen MR) is 127 cm³/mol. The largest absolute Gasteiger partial charge is 0.508 e. The molecule has 172 valence electrons. The summed E-state index contributed by atoms with van der Waals surface area (Å²) >= 11 is 12.1. The first kappa shape index (κ1) is 23.4. The van der Waals surface area contributed by atoms with Gasteiger partial charge in [-0.1, -0.05) is 41.4 Å². The first-order valence-electron chi connectivity index (χ1n) is 11.1. The fraction of sp³-hybridized carbons (Fsp3) is 0.480. The molecule has 1 saturated heterocycles. The summed E-state index contributed by atoms with van der Waals surface area (Å²) in [7, 11) is 3.90. The highest BCUT2D eigenvalue weighted by molar-refractivity contribution is 6.42. The number of fused-ring (bicyclic) bond motifs is 1. The van der Waals surface area contributed by atoms with Crippen molar-refractivity contribution in [2.45, 2.75) is 43.2 Å². The maximum Gasteiger partial charge on any atom is 0.226 e. The van der Waals surface area contributed by atoms with E-state index in [0.717, 1.165) is 37.1 Å². The standard InChI is InChI=1S/C25H30Cl2N2O3/c1-28-9-8-25(17-4-3-5-19(30)12-17)14-18(13-23(31)20(25)15-28)29(2)24(32)11-16-6-7-21(26)22(27)10-16/h3-7,10,12,18,20,23,30-31H,8-9,11,13-15H2,1-2H3/t18-,20-,23?,25-/m0/s1. The minimum atomic E-state index is -0.529. The summed E-state index contributed by atoms with van der Waals surface area (Å²) in [5.74, 6) is 0.270. The Hall–Kier alpha value is -1.79. The molecule has 0 spiro atoms. The quantitative estimate of drug-likeness (QED) is 0.696. The summed E-state index contributed by atoms with van der Waals surface area (Å²) in [4.78, 5) is 17.2. The number of carbonyl (C=O) groups excluding carboxylic acids is 1. The Balaban J connectivity index is 1.60. The van der Waals surface area contributed by atoms with E-state index in [0.29, 0.717) is 16.5 Å². The Labute approximate surface area is 199 Å². The average Bonchev–Trinajstić information content (AvgIpc) is 2.76. The number of phenols is 1. The monoisotopic (exact) mass is 476 g/mol. The van der Waals surface area contributed by atoms with Crippen LogP contribution in [0.4, 0.5) is 0 Å². The number of benzene rings is 2. The first-order valence-corrected chi connectivity index (χ1v) is 11.8. The Morgan fingerprint density at radius 2 is 2.00 bits per heavy atom. The van der Waals surface area contributed by atoms with E-state index in [1.54, 1.807) is 23.1 Å². The lowest BCUT2D eigenvalue weighted by atomic mass is 9.57.